The summed E-state index contributed by atoms with van der Waals surface area (Å²) in [6, 6.07) is 12.1. The van der Waals surface area contributed by atoms with Gasteiger partial charge in [-0.3, -0.25) is 4.79 Å². The number of H-pyrrole nitrogens is 1. The zero-order chi connectivity index (χ0) is 21.1. The molecule has 29 heavy (non-hydrogen) atoms. The zero-order valence-electron chi connectivity index (χ0n) is 17.3. The maximum Gasteiger partial charge on any atom is 0.253 e. The summed E-state index contributed by atoms with van der Waals surface area (Å²) < 4.78 is 0. The highest BCUT2D eigenvalue weighted by molar-refractivity contribution is 7.80. The third kappa shape index (κ3) is 4.83. The van der Waals surface area contributed by atoms with Crippen molar-refractivity contribution in [2.24, 2.45) is 0 Å². The van der Waals surface area contributed by atoms with Crippen molar-refractivity contribution in [2.75, 3.05) is 18.5 Å². The Bertz CT molecular complexity index is 1120. The lowest BCUT2D eigenvalue weighted by Crippen LogP contribution is -2.38. The van der Waals surface area contributed by atoms with Crippen molar-refractivity contribution in [1.82, 2.24) is 9.88 Å². The molecular formula is C23H27N3O2S. The number of hydrogen-bond acceptors (Lipinski definition) is 3. The van der Waals surface area contributed by atoms with E-state index in [1.54, 1.807) is 0 Å². The number of hydrogen-bond donors (Lipinski definition) is 3. The molecular weight excluding hydrogens is 382 g/mol. The second-order valence-corrected chi connectivity index (χ2v) is 7.95. The van der Waals surface area contributed by atoms with Crippen LogP contribution in [0.2, 0.25) is 0 Å². The Balaban J connectivity index is 1.89. The highest BCUT2D eigenvalue weighted by atomic mass is 32.1. The van der Waals surface area contributed by atoms with E-state index in [9.17, 15) is 9.90 Å². The van der Waals surface area contributed by atoms with E-state index in [2.05, 4.69) is 22.4 Å². The van der Waals surface area contributed by atoms with Gasteiger partial charge < -0.3 is 20.3 Å². The largest absolute Gasteiger partial charge is 0.395 e. The smallest absolute Gasteiger partial charge is 0.253 e. The van der Waals surface area contributed by atoms with Gasteiger partial charge in [-0.25, -0.2) is 0 Å². The quantitative estimate of drug-likeness (QED) is 0.557. The average molecular weight is 410 g/mol. The number of thiocarbonyl (C=S) groups is 1. The highest BCUT2D eigenvalue weighted by Gasteiger charge is 2.14. The fraction of sp³-hybridized carbons (Fsp3) is 0.304. The maximum absolute atomic E-state index is 12.7. The molecule has 0 amide bonds. The molecule has 3 aromatic rings. The molecule has 0 aliphatic rings. The molecule has 0 bridgehead atoms. The monoisotopic (exact) mass is 409 g/mol. The first-order chi connectivity index (χ1) is 13.8. The minimum Gasteiger partial charge on any atom is -0.395 e. The molecule has 0 saturated heterocycles. The summed E-state index contributed by atoms with van der Waals surface area (Å²) in [7, 11) is 0. The Morgan fingerprint density at radius 3 is 2.48 bits per heavy atom. The lowest BCUT2D eigenvalue weighted by molar-refractivity contribution is 0.248. The summed E-state index contributed by atoms with van der Waals surface area (Å²) in [4.78, 5) is 17.5. The number of aliphatic hydroxyl groups excluding tert-OH is 1. The predicted octanol–water partition coefficient (Wildman–Crippen LogP) is 3.95. The minimum atomic E-state index is -0.139. The van der Waals surface area contributed by atoms with Crippen LogP contribution in [0.25, 0.3) is 10.9 Å². The molecule has 5 nitrogen and oxygen atoms in total. The molecule has 1 heterocycles. The molecule has 3 rings (SSSR count). The molecule has 0 aliphatic heterocycles. The van der Waals surface area contributed by atoms with Crippen LogP contribution in [-0.2, 0) is 6.54 Å². The lowest BCUT2D eigenvalue weighted by atomic mass is 10.0. The van der Waals surface area contributed by atoms with Gasteiger partial charge in [-0.1, -0.05) is 23.8 Å². The van der Waals surface area contributed by atoms with Crippen LogP contribution >= 0.6 is 12.2 Å². The van der Waals surface area contributed by atoms with Gasteiger partial charge in [-0.05, 0) is 74.8 Å². The van der Waals surface area contributed by atoms with Crippen LogP contribution < -0.4 is 10.9 Å². The number of aryl methyl sites for hydroxylation is 4. The van der Waals surface area contributed by atoms with Gasteiger partial charge in [-0.15, -0.1) is 0 Å². The number of nitrogens with zero attached hydrogens (tertiary/aromatic N) is 1. The van der Waals surface area contributed by atoms with E-state index in [0.717, 1.165) is 33.3 Å². The fourth-order valence-corrected chi connectivity index (χ4v) is 3.83. The van der Waals surface area contributed by atoms with Crippen LogP contribution in [-0.4, -0.2) is 33.3 Å². The van der Waals surface area contributed by atoms with Crippen LogP contribution in [0.1, 0.15) is 27.8 Å². The summed E-state index contributed by atoms with van der Waals surface area (Å²) in [6.45, 7) is 8.71. The van der Waals surface area contributed by atoms with Gasteiger partial charge in [0.1, 0.15) is 0 Å². The summed E-state index contributed by atoms with van der Waals surface area (Å²) in [5, 5.41) is 14.3. The van der Waals surface area contributed by atoms with Crippen LogP contribution in [0.4, 0.5) is 5.69 Å². The molecule has 0 spiro atoms. The second kappa shape index (κ2) is 8.76. The van der Waals surface area contributed by atoms with Gasteiger partial charge in [0, 0.05) is 28.7 Å². The molecule has 0 fully saturated rings. The average Bonchev–Trinajstić information content (AvgIpc) is 2.64. The molecule has 0 radical (unpaired) electrons. The Labute approximate surface area is 176 Å². The van der Waals surface area contributed by atoms with Crippen molar-refractivity contribution in [3.63, 3.8) is 0 Å². The van der Waals surface area contributed by atoms with Crippen LogP contribution in [0, 0.1) is 27.7 Å². The first-order valence-electron chi connectivity index (χ1n) is 9.65. The number of anilines is 1. The Hall–Kier alpha value is -2.70. The lowest BCUT2D eigenvalue weighted by Gasteiger charge is -2.25. The number of fused-ring (bicyclic) bond motifs is 1. The van der Waals surface area contributed by atoms with Gasteiger partial charge >= 0.3 is 0 Å². The second-order valence-electron chi connectivity index (χ2n) is 7.56. The van der Waals surface area contributed by atoms with Crippen molar-refractivity contribution in [2.45, 2.75) is 34.2 Å². The van der Waals surface area contributed by atoms with Gasteiger partial charge in [0.2, 0.25) is 0 Å². The molecule has 0 aliphatic carbocycles. The van der Waals surface area contributed by atoms with E-state index in [1.165, 1.54) is 5.56 Å². The highest BCUT2D eigenvalue weighted by Crippen LogP contribution is 2.20. The molecule has 6 heteroatoms. The first kappa shape index (κ1) is 21.0. The number of benzene rings is 2. The topological polar surface area (TPSA) is 68.4 Å². The van der Waals surface area contributed by atoms with Crippen molar-refractivity contribution in [3.05, 3.63) is 74.6 Å². The zero-order valence-corrected chi connectivity index (χ0v) is 18.1. The SMILES string of the molecule is Cc1ccc(NC(=S)N(CCO)Cc2cc3c(C)cc(C)cc3[nH]c2=O)c(C)c1. The molecule has 2 aromatic carbocycles. The summed E-state index contributed by atoms with van der Waals surface area (Å²) >= 11 is 5.59. The van der Waals surface area contributed by atoms with Crippen molar-refractivity contribution in [1.29, 1.82) is 0 Å². The Kier molecular flexibility index (Phi) is 6.35. The third-order valence-electron chi connectivity index (χ3n) is 5.03. The Morgan fingerprint density at radius 1 is 1.07 bits per heavy atom. The number of aliphatic hydroxyl groups is 1. The molecule has 0 saturated carbocycles. The van der Waals surface area contributed by atoms with E-state index in [4.69, 9.17) is 12.2 Å². The predicted molar refractivity (Wildman–Crippen MR) is 124 cm³/mol. The van der Waals surface area contributed by atoms with Crippen LogP contribution in [0.5, 0.6) is 0 Å². The molecule has 0 unspecified atom stereocenters. The van der Waals surface area contributed by atoms with Gasteiger partial charge in [0.05, 0.1) is 13.2 Å². The van der Waals surface area contributed by atoms with Crippen molar-refractivity contribution >= 4 is 33.9 Å². The number of pyridine rings is 1. The summed E-state index contributed by atoms with van der Waals surface area (Å²) in [6.07, 6.45) is 0. The molecule has 1 aromatic heterocycles. The minimum absolute atomic E-state index is 0.0571. The van der Waals surface area contributed by atoms with Crippen LogP contribution in [0.3, 0.4) is 0 Å². The first-order valence-corrected chi connectivity index (χ1v) is 10.1. The maximum atomic E-state index is 12.7. The van der Waals surface area contributed by atoms with E-state index < -0.39 is 0 Å². The van der Waals surface area contributed by atoms with Gasteiger partial charge in [0.15, 0.2) is 5.11 Å². The van der Waals surface area contributed by atoms with Crippen molar-refractivity contribution in [3.8, 4) is 0 Å². The number of aromatic nitrogens is 1. The third-order valence-corrected chi connectivity index (χ3v) is 5.39. The standard InChI is InChI=1S/C23H27N3O2S/c1-14-5-6-20(17(4)9-14)25-23(29)26(7-8-27)13-18-12-19-16(3)10-15(2)11-21(19)24-22(18)28/h5-6,9-12,27H,7-8,13H2,1-4H3,(H,24,28)(H,25,29). The van der Waals surface area contributed by atoms with E-state index in [1.807, 2.05) is 56.9 Å². The van der Waals surface area contributed by atoms with Gasteiger partial charge in [0.25, 0.3) is 5.56 Å². The van der Waals surface area contributed by atoms with Gasteiger partial charge in [-0.2, -0.15) is 0 Å². The number of nitrogens with one attached hydrogen (secondary N) is 2. The fourth-order valence-electron chi connectivity index (χ4n) is 3.56. The van der Waals surface area contributed by atoms with E-state index in [-0.39, 0.29) is 12.2 Å². The summed E-state index contributed by atoms with van der Waals surface area (Å²) in [5.74, 6) is 0. The Morgan fingerprint density at radius 2 is 1.79 bits per heavy atom. The van der Waals surface area contributed by atoms with E-state index >= 15 is 0 Å². The number of rotatable bonds is 5. The van der Waals surface area contributed by atoms with E-state index in [0.29, 0.717) is 23.8 Å². The van der Waals surface area contributed by atoms with Crippen molar-refractivity contribution < 1.29 is 5.11 Å². The molecule has 3 N–H and O–H groups in total. The molecule has 0 atom stereocenters. The molecule has 152 valence electrons. The summed E-state index contributed by atoms with van der Waals surface area (Å²) in [5.41, 5.74) is 6.72. The van der Waals surface area contributed by atoms with Crippen LogP contribution in [0.15, 0.2) is 41.2 Å². The number of aromatic amines is 1. The normalized spacial score (nSPS) is 10.9.